The Morgan fingerprint density at radius 3 is 2.36 bits per heavy atom. The number of alkyl carbamates (subject to hydrolysis) is 1. The molecule has 0 aliphatic heterocycles. The molecule has 1 rings (SSSR count). The van der Waals surface area contributed by atoms with Crippen molar-refractivity contribution in [3.63, 3.8) is 0 Å². The zero-order chi connectivity index (χ0) is 16.8. The Hall–Kier alpha value is -1.75. The van der Waals surface area contributed by atoms with E-state index < -0.39 is 11.7 Å². The molecule has 1 atom stereocenters. The molecule has 0 spiro atoms. The van der Waals surface area contributed by atoms with Crippen LogP contribution in [0.1, 0.15) is 45.7 Å². The zero-order valence-corrected chi connectivity index (χ0v) is 14.2. The number of ether oxygens (including phenoxy) is 1. The number of carbonyl (C=O) groups is 2. The van der Waals surface area contributed by atoms with Gasteiger partial charge in [-0.3, -0.25) is 4.79 Å². The van der Waals surface area contributed by atoms with Crippen molar-refractivity contribution in [2.75, 3.05) is 6.54 Å². The lowest BCUT2D eigenvalue weighted by Crippen LogP contribution is -2.35. The third-order valence-corrected chi connectivity index (χ3v) is 3.02. The highest BCUT2D eigenvalue weighted by molar-refractivity contribution is 6.30. The van der Waals surface area contributed by atoms with Crippen LogP contribution in [-0.2, 0) is 9.53 Å². The van der Waals surface area contributed by atoms with E-state index in [4.69, 9.17) is 16.3 Å². The average Bonchev–Trinajstić information content (AvgIpc) is 2.37. The number of carbonyl (C=O) groups excluding carboxylic acids is 2. The number of nitrogens with one attached hydrogen (secondary N) is 2. The summed E-state index contributed by atoms with van der Waals surface area (Å²) in [5.41, 5.74) is 0.424. The molecule has 0 saturated heterocycles. The van der Waals surface area contributed by atoms with Crippen molar-refractivity contribution < 1.29 is 14.3 Å². The van der Waals surface area contributed by atoms with Gasteiger partial charge in [-0.15, -0.1) is 0 Å². The van der Waals surface area contributed by atoms with Crippen LogP contribution in [0.3, 0.4) is 0 Å². The van der Waals surface area contributed by atoms with Gasteiger partial charge >= 0.3 is 6.09 Å². The third kappa shape index (κ3) is 7.31. The quantitative estimate of drug-likeness (QED) is 0.871. The first-order valence-corrected chi connectivity index (χ1v) is 7.57. The van der Waals surface area contributed by atoms with Crippen molar-refractivity contribution in [2.24, 2.45) is 0 Å². The molecule has 1 aromatic rings. The first-order chi connectivity index (χ1) is 10.2. The summed E-state index contributed by atoms with van der Waals surface area (Å²) in [5.74, 6) is -0.140. The fourth-order valence-electron chi connectivity index (χ4n) is 1.74. The van der Waals surface area contributed by atoms with Gasteiger partial charge in [0.15, 0.2) is 0 Å². The first-order valence-electron chi connectivity index (χ1n) is 7.19. The molecule has 0 aromatic heterocycles. The molecule has 0 aliphatic carbocycles. The molecule has 0 bridgehead atoms. The Balaban J connectivity index is 2.31. The van der Waals surface area contributed by atoms with Gasteiger partial charge in [0, 0.05) is 18.0 Å². The minimum Gasteiger partial charge on any atom is -0.444 e. The largest absolute Gasteiger partial charge is 0.444 e. The van der Waals surface area contributed by atoms with Crippen LogP contribution in [-0.4, -0.2) is 24.1 Å². The van der Waals surface area contributed by atoms with E-state index in [9.17, 15) is 9.59 Å². The molecule has 122 valence electrons. The number of halogens is 1. The van der Waals surface area contributed by atoms with Gasteiger partial charge in [-0.1, -0.05) is 23.7 Å². The number of hydrogen-bond donors (Lipinski definition) is 2. The van der Waals surface area contributed by atoms with E-state index in [1.165, 1.54) is 0 Å². The predicted octanol–water partition coefficient (Wildman–Crippen LogP) is 3.43. The fourth-order valence-corrected chi connectivity index (χ4v) is 1.87. The summed E-state index contributed by atoms with van der Waals surface area (Å²) in [6.07, 6.45) is -0.331. The molecular formula is C16H23ClN2O3. The molecular weight excluding hydrogens is 304 g/mol. The van der Waals surface area contributed by atoms with Crippen LogP contribution in [0.2, 0.25) is 5.02 Å². The van der Waals surface area contributed by atoms with Gasteiger partial charge in [0.2, 0.25) is 5.91 Å². The summed E-state index contributed by atoms with van der Waals surface area (Å²) in [7, 11) is 0. The molecule has 1 aromatic carbocycles. The van der Waals surface area contributed by atoms with Crippen molar-refractivity contribution >= 4 is 23.6 Å². The summed E-state index contributed by atoms with van der Waals surface area (Å²) in [5, 5.41) is 6.07. The van der Waals surface area contributed by atoms with Gasteiger partial charge in [0.25, 0.3) is 0 Å². The monoisotopic (exact) mass is 326 g/mol. The normalized spacial score (nSPS) is 12.4. The van der Waals surface area contributed by atoms with Crippen molar-refractivity contribution in [1.29, 1.82) is 0 Å². The molecule has 22 heavy (non-hydrogen) atoms. The van der Waals surface area contributed by atoms with E-state index in [2.05, 4.69) is 10.6 Å². The van der Waals surface area contributed by atoms with Crippen molar-refractivity contribution in [3.8, 4) is 0 Å². The number of benzene rings is 1. The van der Waals surface area contributed by atoms with Gasteiger partial charge in [-0.05, 0) is 45.4 Å². The Morgan fingerprint density at radius 2 is 1.82 bits per heavy atom. The molecule has 0 aliphatic rings. The smallest absolute Gasteiger partial charge is 0.407 e. The summed E-state index contributed by atoms with van der Waals surface area (Å²) >= 11 is 5.83. The predicted molar refractivity (Wildman–Crippen MR) is 86.9 cm³/mol. The minimum absolute atomic E-state index is 0.119. The van der Waals surface area contributed by atoms with Gasteiger partial charge in [-0.25, -0.2) is 4.79 Å². The lowest BCUT2D eigenvalue weighted by molar-refractivity contribution is -0.121. The molecule has 5 nitrogen and oxygen atoms in total. The summed E-state index contributed by atoms with van der Waals surface area (Å²) in [6.45, 7) is 7.48. The zero-order valence-electron chi connectivity index (χ0n) is 13.4. The standard InChI is InChI=1S/C16H23ClN2O3/c1-11(12-5-7-13(17)8-6-12)19-14(20)9-10-18-15(21)22-16(2,3)4/h5-8,11H,9-10H2,1-4H3,(H,18,21)(H,19,20). The van der Waals surface area contributed by atoms with E-state index in [0.717, 1.165) is 5.56 Å². The molecule has 6 heteroatoms. The summed E-state index contributed by atoms with van der Waals surface area (Å²) in [4.78, 5) is 23.3. The highest BCUT2D eigenvalue weighted by atomic mass is 35.5. The van der Waals surface area contributed by atoms with Crippen LogP contribution in [0.25, 0.3) is 0 Å². The number of amides is 2. The van der Waals surface area contributed by atoms with Crippen molar-refractivity contribution in [2.45, 2.75) is 45.8 Å². The molecule has 0 radical (unpaired) electrons. The Bertz CT molecular complexity index is 509. The van der Waals surface area contributed by atoms with E-state index in [-0.39, 0.29) is 24.9 Å². The number of hydrogen-bond acceptors (Lipinski definition) is 3. The Morgan fingerprint density at radius 1 is 1.23 bits per heavy atom. The van der Waals surface area contributed by atoms with Gasteiger partial charge < -0.3 is 15.4 Å². The SMILES string of the molecule is CC(NC(=O)CCNC(=O)OC(C)(C)C)c1ccc(Cl)cc1. The van der Waals surface area contributed by atoms with Gasteiger partial charge in [-0.2, -0.15) is 0 Å². The molecule has 2 N–H and O–H groups in total. The Labute approximate surface area is 136 Å². The van der Waals surface area contributed by atoms with Crippen LogP contribution < -0.4 is 10.6 Å². The highest BCUT2D eigenvalue weighted by Gasteiger charge is 2.16. The first kappa shape index (κ1) is 18.3. The molecule has 0 saturated carbocycles. The second-order valence-corrected chi connectivity index (χ2v) is 6.46. The fraction of sp³-hybridized carbons (Fsp3) is 0.500. The van der Waals surface area contributed by atoms with Crippen LogP contribution in [0, 0.1) is 0 Å². The maximum absolute atomic E-state index is 11.8. The van der Waals surface area contributed by atoms with Crippen LogP contribution in [0.5, 0.6) is 0 Å². The minimum atomic E-state index is -0.546. The van der Waals surface area contributed by atoms with Crippen LogP contribution in [0.4, 0.5) is 4.79 Å². The average molecular weight is 327 g/mol. The second kappa shape index (κ2) is 8.03. The van der Waals surface area contributed by atoms with E-state index in [1.807, 2.05) is 19.1 Å². The lowest BCUT2D eigenvalue weighted by atomic mass is 10.1. The third-order valence-electron chi connectivity index (χ3n) is 2.77. The van der Waals surface area contributed by atoms with E-state index in [0.29, 0.717) is 5.02 Å². The highest BCUT2D eigenvalue weighted by Crippen LogP contribution is 2.16. The molecule has 1 unspecified atom stereocenters. The van der Waals surface area contributed by atoms with E-state index >= 15 is 0 Å². The lowest BCUT2D eigenvalue weighted by Gasteiger charge is -2.19. The van der Waals surface area contributed by atoms with Crippen LogP contribution in [0.15, 0.2) is 24.3 Å². The maximum Gasteiger partial charge on any atom is 0.407 e. The van der Waals surface area contributed by atoms with Crippen LogP contribution >= 0.6 is 11.6 Å². The Kier molecular flexibility index (Phi) is 6.68. The molecule has 2 amide bonds. The van der Waals surface area contributed by atoms with Gasteiger partial charge in [0.1, 0.15) is 5.60 Å². The molecule has 0 fully saturated rings. The number of rotatable bonds is 5. The summed E-state index contributed by atoms with van der Waals surface area (Å²) in [6, 6.07) is 7.18. The maximum atomic E-state index is 11.8. The second-order valence-electron chi connectivity index (χ2n) is 6.02. The summed E-state index contributed by atoms with van der Waals surface area (Å²) < 4.78 is 5.09. The van der Waals surface area contributed by atoms with Crippen molar-refractivity contribution in [1.82, 2.24) is 10.6 Å². The molecule has 0 heterocycles. The van der Waals surface area contributed by atoms with Crippen molar-refractivity contribution in [3.05, 3.63) is 34.9 Å². The topological polar surface area (TPSA) is 67.4 Å². The van der Waals surface area contributed by atoms with Gasteiger partial charge in [0.05, 0.1) is 6.04 Å². The van der Waals surface area contributed by atoms with E-state index in [1.54, 1.807) is 32.9 Å².